The van der Waals surface area contributed by atoms with Gasteiger partial charge in [0.2, 0.25) is 0 Å². The zero-order valence-corrected chi connectivity index (χ0v) is 25.8. The van der Waals surface area contributed by atoms with Crippen molar-refractivity contribution in [3.8, 4) is 0 Å². The molecule has 226 valence electrons. The minimum atomic E-state index is -2.92. The fourth-order valence-corrected chi connectivity index (χ4v) is 6.57. The fourth-order valence-electron chi connectivity index (χ4n) is 4.90. The van der Waals surface area contributed by atoms with E-state index in [4.69, 9.17) is 0 Å². The number of nitrogens with one attached hydrogen (secondary N) is 3. The third-order valence-corrected chi connectivity index (χ3v) is 8.98. The Morgan fingerprint density at radius 1 is 1.07 bits per heavy atom. The predicted molar refractivity (Wildman–Crippen MR) is 171 cm³/mol. The molecule has 10 heteroatoms. The van der Waals surface area contributed by atoms with Crippen molar-refractivity contribution >= 4 is 40.5 Å². The van der Waals surface area contributed by atoms with Gasteiger partial charge in [0.25, 0.3) is 5.91 Å². The third-order valence-electron chi connectivity index (χ3n) is 7.05. The van der Waals surface area contributed by atoms with Gasteiger partial charge in [0.1, 0.15) is 0 Å². The van der Waals surface area contributed by atoms with Crippen LogP contribution in [0.3, 0.4) is 0 Å². The number of halogens is 1. The molecule has 0 aromatic heterocycles. The Balaban J connectivity index is 0.00000560. The number of rotatable bonds is 15. The Bertz CT molecular complexity index is 1030. The first-order valence-corrected chi connectivity index (χ1v) is 16.0. The van der Waals surface area contributed by atoms with Crippen LogP contribution in [0.4, 0.5) is 11.4 Å². The maximum Gasteiger partial charge on any atom is 0.251 e. The van der Waals surface area contributed by atoms with E-state index in [2.05, 4.69) is 29.8 Å². The van der Waals surface area contributed by atoms with Gasteiger partial charge in [-0.25, -0.2) is 0 Å². The van der Waals surface area contributed by atoms with Crippen LogP contribution >= 0.6 is 23.2 Å². The Labute approximate surface area is 248 Å². The molecule has 0 radical (unpaired) electrons. The zero-order chi connectivity index (χ0) is 28.3. The number of aliphatic hydroxyl groups is 1. The van der Waals surface area contributed by atoms with Crippen molar-refractivity contribution in [1.82, 2.24) is 10.6 Å². The highest BCUT2D eigenvalue weighted by atomic mass is 35.5. The van der Waals surface area contributed by atoms with Crippen molar-refractivity contribution < 1.29 is 19.0 Å². The smallest absolute Gasteiger partial charge is 0.251 e. The van der Waals surface area contributed by atoms with Crippen LogP contribution in [0, 0.1) is 5.92 Å². The lowest BCUT2D eigenvalue weighted by atomic mass is 10.00. The van der Waals surface area contributed by atoms with Crippen LogP contribution in [-0.2, 0) is 6.42 Å². The molecule has 8 nitrogen and oxygen atoms in total. The molecule has 6 N–H and O–H groups in total. The highest BCUT2D eigenvalue weighted by Crippen LogP contribution is 2.50. The van der Waals surface area contributed by atoms with Crippen molar-refractivity contribution in [1.29, 1.82) is 0 Å². The molecule has 3 rings (SSSR count). The summed E-state index contributed by atoms with van der Waals surface area (Å²) < 4.78 is 23.0. The Morgan fingerprint density at radius 2 is 1.82 bits per heavy atom. The molecule has 2 atom stereocenters. The second-order valence-corrected chi connectivity index (χ2v) is 13.0. The molecular weight excluding hydrogens is 548 g/mol. The zero-order valence-electron chi connectivity index (χ0n) is 24.1. The molecule has 1 amide bonds. The van der Waals surface area contributed by atoms with Gasteiger partial charge in [-0.05, 0) is 68.8 Å². The summed E-state index contributed by atoms with van der Waals surface area (Å²) in [6.07, 6.45) is 4.74. The average Bonchev–Trinajstić information content (AvgIpc) is 2.90. The maximum absolute atomic E-state index is 13.6. The summed E-state index contributed by atoms with van der Waals surface area (Å²) in [6.45, 7) is 8.83. The molecule has 1 fully saturated rings. The second kappa shape index (κ2) is 17.1. The molecule has 1 aliphatic heterocycles. The summed E-state index contributed by atoms with van der Waals surface area (Å²) in [5, 5.41) is 20.8. The van der Waals surface area contributed by atoms with Crippen LogP contribution < -0.4 is 20.3 Å². The Hall–Kier alpha value is -2.01. The minimum absolute atomic E-state index is 0. The summed E-state index contributed by atoms with van der Waals surface area (Å²) >= 11 is 0. The molecule has 1 saturated heterocycles. The average molecular weight is 597 g/mol. The number of carbonyl (C=O) groups is 1. The SMILES string of the molecule is CCNc1cc(C(=O)N[C@@H](Cc2ccccc2)[C@@H](O)CNCCCCC(C)C)cc(N2CCCCS2(O)O)c1.Cl. The van der Waals surface area contributed by atoms with Gasteiger partial charge < -0.3 is 21.1 Å². The summed E-state index contributed by atoms with van der Waals surface area (Å²) in [5.74, 6) is 0.715. The number of benzene rings is 2. The molecule has 2 aromatic carbocycles. The topological polar surface area (TPSA) is 117 Å². The van der Waals surface area contributed by atoms with Crippen LogP contribution in [0.1, 0.15) is 68.8 Å². The number of unbranched alkanes of at least 4 members (excludes halogenated alkanes) is 1. The van der Waals surface area contributed by atoms with Gasteiger partial charge in [0, 0.05) is 30.9 Å². The van der Waals surface area contributed by atoms with E-state index >= 15 is 0 Å². The molecule has 0 spiro atoms. The van der Waals surface area contributed by atoms with Crippen molar-refractivity contribution in [2.75, 3.05) is 41.6 Å². The minimum Gasteiger partial charge on any atom is -0.390 e. The molecule has 1 aliphatic rings. The van der Waals surface area contributed by atoms with E-state index < -0.39 is 22.9 Å². The number of anilines is 2. The summed E-state index contributed by atoms with van der Waals surface area (Å²) in [7, 11) is -2.92. The number of hydrogen-bond donors (Lipinski definition) is 6. The van der Waals surface area contributed by atoms with Gasteiger partial charge in [0.15, 0.2) is 0 Å². The lowest BCUT2D eigenvalue weighted by molar-refractivity contribution is 0.0830. The molecule has 1 heterocycles. The van der Waals surface area contributed by atoms with E-state index in [-0.39, 0.29) is 18.3 Å². The molecule has 0 aliphatic carbocycles. The summed E-state index contributed by atoms with van der Waals surface area (Å²) in [5.41, 5.74) is 2.80. The molecule has 0 saturated carbocycles. The van der Waals surface area contributed by atoms with Gasteiger partial charge in [-0.15, -0.1) is 23.2 Å². The Kier molecular flexibility index (Phi) is 14.6. The van der Waals surface area contributed by atoms with Gasteiger partial charge in [-0.3, -0.25) is 18.2 Å². The van der Waals surface area contributed by atoms with E-state index in [0.717, 1.165) is 43.5 Å². The number of amides is 1. The van der Waals surface area contributed by atoms with Gasteiger partial charge >= 0.3 is 0 Å². The van der Waals surface area contributed by atoms with Crippen LogP contribution in [0.5, 0.6) is 0 Å². The highest BCUT2D eigenvalue weighted by Gasteiger charge is 2.28. The summed E-state index contributed by atoms with van der Waals surface area (Å²) in [6, 6.07) is 14.7. The normalized spacial score (nSPS) is 17.0. The highest BCUT2D eigenvalue weighted by molar-refractivity contribution is 8.25. The van der Waals surface area contributed by atoms with Crippen molar-refractivity contribution in [3.05, 3.63) is 59.7 Å². The van der Waals surface area contributed by atoms with Crippen LogP contribution in [0.2, 0.25) is 0 Å². The second-order valence-electron chi connectivity index (χ2n) is 10.9. The van der Waals surface area contributed by atoms with E-state index in [1.807, 2.05) is 43.3 Å². The predicted octanol–water partition coefficient (Wildman–Crippen LogP) is 5.92. The number of carbonyl (C=O) groups excluding carboxylic acids is 1. The van der Waals surface area contributed by atoms with Crippen molar-refractivity contribution in [3.63, 3.8) is 0 Å². The van der Waals surface area contributed by atoms with Gasteiger partial charge in [-0.2, -0.15) is 0 Å². The van der Waals surface area contributed by atoms with Gasteiger partial charge in [-0.1, -0.05) is 57.0 Å². The maximum atomic E-state index is 13.6. The largest absolute Gasteiger partial charge is 0.390 e. The number of nitrogens with zero attached hydrogens (tertiary/aromatic N) is 1. The van der Waals surface area contributed by atoms with E-state index in [9.17, 15) is 19.0 Å². The first kappa shape index (κ1) is 34.2. The van der Waals surface area contributed by atoms with E-state index in [0.29, 0.717) is 49.0 Å². The molecule has 0 bridgehead atoms. The Morgan fingerprint density at radius 3 is 2.50 bits per heavy atom. The lowest BCUT2D eigenvalue weighted by Gasteiger charge is -2.47. The third kappa shape index (κ3) is 10.8. The quantitative estimate of drug-likeness (QED) is 0.141. The molecular formula is C30H49ClN4O4S. The molecule has 40 heavy (non-hydrogen) atoms. The van der Waals surface area contributed by atoms with E-state index in [1.54, 1.807) is 16.4 Å². The van der Waals surface area contributed by atoms with Crippen LogP contribution in [-0.4, -0.2) is 64.2 Å². The van der Waals surface area contributed by atoms with Gasteiger partial charge in [0.05, 0.1) is 23.6 Å². The molecule has 0 unspecified atom stereocenters. The van der Waals surface area contributed by atoms with Crippen LogP contribution in [0.15, 0.2) is 48.5 Å². The first-order valence-electron chi connectivity index (χ1n) is 14.4. The first-order chi connectivity index (χ1) is 18.7. The van der Waals surface area contributed by atoms with Crippen LogP contribution in [0.25, 0.3) is 0 Å². The van der Waals surface area contributed by atoms with Crippen molar-refractivity contribution in [2.24, 2.45) is 5.92 Å². The van der Waals surface area contributed by atoms with Crippen molar-refractivity contribution in [2.45, 2.75) is 71.4 Å². The number of hydrogen-bond acceptors (Lipinski definition) is 7. The number of aliphatic hydroxyl groups excluding tert-OH is 1. The van der Waals surface area contributed by atoms with E-state index in [1.165, 1.54) is 6.42 Å². The lowest BCUT2D eigenvalue weighted by Crippen LogP contribution is -2.49. The molecule has 2 aromatic rings. The fraction of sp³-hybridized carbons (Fsp3) is 0.567. The standard InChI is InChI=1S/C30H48N4O4S.ClH/c1-4-32-26-19-25(20-27(21-26)34-16-10-11-17-39(34,37)38)30(36)33-28(18-24-13-6-5-7-14-24)29(35)22-31-15-9-8-12-23(2)3;/h5-7,13-14,19-21,23,28-29,31-32,35,37-38H,4,8-12,15-18,22H2,1-3H3,(H,33,36);1H/t28-,29-;/m0./s1. The monoisotopic (exact) mass is 596 g/mol. The summed E-state index contributed by atoms with van der Waals surface area (Å²) in [4.78, 5) is 13.6.